The number of nitrogens with zero attached hydrogens (tertiary/aromatic N) is 2. The zero-order valence-corrected chi connectivity index (χ0v) is 15.8. The molecule has 1 fully saturated rings. The highest BCUT2D eigenvalue weighted by Gasteiger charge is 2.33. The van der Waals surface area contributed by atoms with Gasteiger partial charge in [0.2, 0.25) is 5.91 Å². The van der Waals surface area contributed by atoms with Gasteiger partial charge in [0.1, 0.15) is 11.1 Å². The van der Waals surface area contributed by atoms with Gasteiger partial charge in [-0.15, -0.1) is 11.8 Å². The minimum atomic E-state index is -0.0478. The first-order valence-electron chi connectivity index (χ1n) is 8.11. The Morgan fingerprint density at radius 2 is 1.96 bits per heavy atom. The van der Waals surface area contributed by atoms with Gasteiger partial charge in [0.15, 0.2) is 0 Å². The van der Waals surface area contributed by atoms with Gasteiger partial charge in [-0.3, -0.25) is 4.79 Å². The van der Waals surface area contributed by atoms with Crippen molar-refractivity contribution in [2.24, 2.45) is 0 Å². The third-order valence-corrected chi connectivity index (χ3v) is 5.88. The third kappa shape index (κ3) is 4.05. The number of phenols is 1. The van der Waals surface area contributed by atoms with Gasteiger partial charge in [0.05, 0.1) is 5.75 Å². The Hall–Kier alpha value is -1.85. The Labute approximate surface area is 157 Å². The van der Waals surface area contributed by atoms with Crippen LogP contribution < -0.4 is 4.90 Å². The Bertz CT molecular complexity index is 765. The molecule has 4 nitrogen and oxygen atoms in total. The Morgan fingerprint density at radius 1 is 1.24 bits per heavy atom. The van der Waals surface area contributed by atoms with E-state index in [0.29, 0.717) is 17.3 Å². The molecule has 2 aromatic carbocycles. The van der Waals surface area contributed by atoms with Crippen LogP contribution in [0.4, 0.5) is 5.69 Å². The molecule has 1 heterocycles. The van der Waals surface area contributed by atoms with Crippen LogP contribution in [0.5, 0.6) is 5.75 Å². The first-order valence-corrected chi connectivity index (χ1v) is 9.54. The van der Waals surface area contributed by atoms with Crippen LogP contribution in [-0.2, 0) is 11.2 Å². The van der Waals surface area contributed by atoms with Crippen LogP contribution in [0.15, 0.2) is 42.5 Å². The number of anilines is 1. The van der Waals surface area contributed by atoms with E-state index in [0.717, 1.165) is 23.2 Å². The van der Waals surface area contributed by atoms with Crippen molar-refractivity contribution in [2.45, 2.75) is 11.8 Å². The number of amides is 1. The lowest BCUT2D eigenvalue weighted by atomic mass is 10.1. The molecule has 1 unspecified atom stereocenters. The average Bonchev–Trinajstić information content (AvgIpc) is 2.95. The predicted molar refractivity (Wildman–Crippen MR) is 105 cm³/mol. The largest absolute Gasteiger partial charge is 0.508 e. The Kier molecular flexibility index (Phi) is 5.45. The second-order valence-corrected chi connectivity index (χ2v) is 7.74. The molecule has 0 aromatic heterocycles. The van der Waals surface area contributed by atoms with Gasteiger partial charge >= 0.3 is 0 Å². The molecule has 1 saturated heterocycles. The number of rotatable bonds is 5. The molecule has 3 rings (SSSR count). The van der Waals surface area contributed by atoms with Crippen molar-refractivity contribution < 1.29 is 9.90 Å². The van der Waals surface area contributed by atoms with Crippen molar-refractivity contribution in [1.29, 1.82) is 0 Å². The zero-order valence-electron chi connectivity index (χ0n) is 14.3. The van der Waals surface area contributed by atoms with E-state index in [-0.39, 0.29) is 17.0 Å². The maximum atomic E-state index is 12.3. The van der Waals surface area contributed by atoms with Gasteiger partial charge in [-0.2, -0.15) is 0 Å². The van der Waals surface area contributed by atoms with Crippen LogP contribution in [0, 0.1) is 0 Å². The number of halogens is 1. The third-order valence-electron chi connectivity index (χ3n) is 4.31. The van der Waals surface area contributed by atoms with E-state index in [1.807, 2.05) is 54.2 Å². The summed E-state index contributed by atoms with van der Waals surface area (Å²) in [6.07, 6.45) is 0.747. The molecule has 0 saturated carbocycles. The lowest BCUT2D eigenvalue weighted by molar-refractivity contribution is -0.128. The van der Waals surface area contributed by atoms with Crippen LogP contribution >= 0.6 is 23.4 Å². The first kappa shape index (κ1) is 18.0. The van der Waals surface area contributed by atoms with E-state index < -0.39 is 0 Å². The maximum absolute atomic E-state index is 12.3. The van der Waals surface area contributed by atoms with Crippen LogP contribution in [0.25, 0.3) is 0 Å². The molecule has 0 aliphatic carbocycles. The van der Waals surface area contributed by atoms with Gasteiger partial charge < -0.3 is 14.9 Å². The van der Waals surface area contributed by atoms with Crippen molar-refractivity contribution >= 4 is 35.0 Å². The minimum absolute atomic E-state index is 0.0478. The molecule has 1 atom stereocenters. The maximum Gasteiger partial charge on any atom is 0.233 e. The van der Waals surface area contributed by atoms with E-state index in [1.165, 1.54) is 0 Å². The molecule has 2 aromatic rings. The number of phenolic OH excluding ortho intramolecular Hbond substituents is 1. The number of carbonyl (C=O) groups is 1. The predicted octanol–water partition coefficient (Wildman–Crippen LogP) is 3.93. The summed E-state index contributed by atoms with van der Waals surface area (Å²) in [5.74, 6) is 0.871. The molecule has 0 radical (unpaired) electrons. The highest BCUT2D eigenvalue weighted by molar-refractivity contribution is 8.00. The lowest BCUT2D eigenvalue weighted by Crippen LogP contribution is -2.30. The smallest absolute Gasteiger partial charge is 0.233 e. The molecule has 6 heteroatoms. The van der Waals surface area contributed by atoms with Crippen molar-refractivity contribution in [3.63, 3.8) is 0 Å². The SMILES string of the molecule is CN(C)c1ccc(C2SCC(=O)N2CCc2ccc(O)cc2)c(Cl)c1. The van der Waals surface area contributed by atoms with E-state index >= 15 is 0 Å². The molecular formula is C19H21ClN2O2S. The normalized spacial score (nSPS) is 17.2. The number of hydrogen-bond acceptors (Lipinski definition) is 4. The topological polar surface area (TPSA) is 43.8 Å². The van der Waals surface area contributed by atoms with Crippen LogP contribution in [0.2, 0.25) is 5.02 Å². The van der Waals surface area contributed by atoms with Crippen LogP contribution in [0.1, 0.15) is 16.5 Å². The average molecular weight is 377 g/mol. The second-order valence-electron chi connectivity index (χ2n) is 6.27. The standard InChI is InChI=1S/C19H21ClN2O2S/c1-21(2)14-5-8-16(17(20)11-14)19-22(18(24)12-25-19)10-9-13-3-6-15(23)7-4-13/h3-8,11,19,23H,9-10,12H2,1-2H3. The number of hydrogen-bond donors (Lipinski definition) is 1. The van der Waals surface area contributed by atoms with E-state index in [2.05, 4.69) is 0 Å². The second kappa shape index (κ2) is 7.58. The summed E-state index contributed by atoms with van der Waals surface area (Å²) >= 11 is 8.11. The summed E-state index contributed by atoms with van der Waals surface area (Å²) in [5.41, 5.74) is 3.11. The molecule has 1 N–H and O–H groups in total. The van der Waals surface area contributed by atoms with E-state index in [1.54, 1.807) is 23.9 Å². The highest BCUT2D eigenvalue weighted by atomic mass is 35.5. The lowest BCUT2D eigenvalue weighted by Gasteiger charge is -2.25. The Balaban J connectivity index is 1.76. The molecule has 132 valence electrons. The minimum Gasteiger partial charge on any atom is -0.508 e. The van der Waals surface area contributed by atoms with Gasteiger partial charge in [-0.25, -0.2) is 0 Å². The number of benzene rings is 2. The number of thioether (sulfide) groups is 1. The van der Waals surface area contributed by atoms with Crippen molar-refractivity contribution in [1.82, 2.24) is 4.90 Å². The molecule has 25 heavy (non-hydrogen) atoms. The van der Waals surface area contributed by atoms with E-state index in [4.69, 9.17) is 11.6 Å². The molecular weight excluding hydrogens is 356 g/mol. The molecule has 1 amide bonds. The van der Waals surface area contributed by atoms with Crippen LogP contribution in [-0.4, -0.2) is 42.3 Å². The summed E-state index contributed by atoms with van der Waals surface area (Å²) in [4.78, 5) is 16.2. The number of carbonyl (C=O) groups excluding carboxylic acids is 1. The van der Waals surface area contributed by atoms with Crippen molar-refractivity contribution in [2.75, 3.05) is 31.3 Å². The fourth-order valence-electron chi connectivity index (χ4n) is 2.86. The highest BCUT2D eigenvalue weighted by Crippen LogP contribution is 2.42. The summed E-state index contributed by atoms with van der Waals surface area (Å²) in [6.45, 7) is 0.632. The monoisotopic (exact) mass is 376 g/mol. The van der Waals surface area contributed by atoms with E-state index in [9.17, 15) is 9.90 Å². The summed E-state index contributed by atoms with van der Waals surface area (Å²) in [6, 6.07) is 13.1. The molecule has 0 spiro atoms. The number of aromatic hydroxyl groups is 1. The van der Waals surface area contributed by atoms with Crippen LogP contribution in [0.3, 0.4) is 0 Å². The fourth-order valence-corrected chi connectivity index (χ4v) is 4.46. The Morgan fingerprint density at radius 3 is 2.60 bits per heavy atom. The van der Waals surface area contributed by atoms with Gasteiger partial charge in [0, 0.05) is 36.9 Å². The zero-order chi connectivity index (χ0) is 18.0. The van der Waals surface area contributed by atoms with Gasteiger partial charge in [0.25, 0.3) is 0 Å². The summed E-state index contributed by atoms with van der Waals surface area (Å²) < 4.78 is 0. The fraction of sp³-hybridized carbons (Fsp3) is 0.316. The summed E-state index contributed by atoms with van der Waals surface area (Å²) in [7, 11) is 3.95. The van der Waals surface area contributed by atoms with Gasteiger partial charge in [-0.1, -0.05) is 29.8 Å². The molecule has 1 aliphatic rings. The van der Waals surface area contributed by atoms with Crippen molar-refractivity contribution in [3.8, 4) is 5.75 Å². The molecule has 0 bridgehead atoms. The first-order chi connectivity index (χ1) is 12.0. The van der Waals surface area contributed by atoms with Gasteiger partial charge in [-0.05, 0) is 36.2 Å². The van der Waals surface area contributed by atoms with Crippen molar-refractivity contribution in [3.05, 3.63) is 58.6 Å². The summed E-state index contributed by atoms with van der Waals surface area (Å²) in [5, 5.41) is 10.0. The quantitative estimate of drug-likeness (QED) is 0.858. The molecule has 1 aliphatic heterocycles.